The molecule has 4 nitrogen and oxygen atoms in total. The van der Waals surface area contributed by atoms with Gasteiger partial charge in [0.2, 0.25) is 0 Å². The number of carbonyl (C=O) groups excluding carboxylic acids is 1. The summed E-state index contributed by atoms with van der Waals surface area (Å²) in [4.78, 5) is 14.1. The van der Waals surface area contributed by atoms with Gasteiger partial charge >= 0.3 is 6.09 Å². The minimum atomic E-state index is -0.409. The van der Waals surface area contributed by atoms with E-state index >= 15 is 0 Å². The second kappa shape index (κ2) is 7.91. The minimum absolute atomic E-state index is 0.162. The van der Waals surface area contributed by atoms with Crippen LogP contribution in [0.4, 0.5) is 4.79 Å². The Morgan fingerprint density at radius 2 is 1.82 bits per heavy atom. The summed E-state index contributed by atoms with van der Waals surface area (Å²) >= 11 is 2.01. The van der Waals surface area contributed by atoms with Gasteiger partial charge in [0.15, 0.2) is 0 Å². The number of hydrogen-bond acceptors (Lipinski definition) is 4. The molecule has 2 fully saturated rings. The lowest BCUT2D eigenvalue weighted by molar-refractivity contribution is 0.0181. The van der Waals surface area contributed by atoms with E-state index in [-0.39, 0.29) is 6.09 Å². The average molecular weight is 329 g/mol. The van der Waals surface area contributed by atoms with Crippen LogP contribution in [0, 0.1) is 0 Å². The molecule has 1 N–H and O–H groups in total. The van der Waals surface area contributed by atoms with Crippen LogP contribution in [0.3, 0.4) is 0 Å². The Kier molecular flexibility index (Phi) is 6.45. The third-order valence-corrected chi connectivity index (χ3v) is 5.69. The molecule has 22 heavy (non-hydrogen) atoms. The Morgan fingerprint density at radius 1 is 1.14 bits per heavy atom. The first-order chi connectivity index (χ1) is 10.4. The van der Waals surface area contributed by atoms with Gasteiger partial charge in [0.25, 0.3) is 0 Å². The van der Waals surface area contributed by atoms with Gasteiger partial charge in [0.05, 0.1) is 0 Å². The topological polar surface area (TPSA) is 41.6 Å². The van der Waals surface area contributed by atoms with Gasteiger partial charge in [-0.05, 0) is 65.6 Å². The highest BCUT2D eigenvalue weighted by Gasteiger charge is 2.29. The largest absolute Gasteiger partial charge is 0.444 e. The molecule has 2 rings (SSSR count). The molecule has 1 saturated heterocycles. The van der Waals surface area contributed by atoms with Crippen molar-refractivity contribution < 1.29 is 9.53 Å². The standard InChI is InChI=1S/C17H32N2O2S/c1-17(2,3)21-16(20)19-11-5-6-14(12-19)18-13-7-9-15(22-4)10-8-13/h13-15,18H,5-12H2,1-4H3. The lowest BCUT2D eigenvalue weighted by atomic mass is 9.93. The molecule has 0 aromatic rings. The molecule has 1 heterocycles. The summed E-state index contributed by atoms with van der Waals surface area (Å²) in [5.74, 6) is 0. The van der Waals surface area contributed by atoms with E-state index in [1.165, 1.54) is 32.1 Å². The highest BCUT2D eigenvalue weighted by atomic mass is 32.2. The number of rotatable bonds is 3. The minimum Gasteiger partial charge on any atom is -0.444 e. The SMILES string of the molecule is CSC1CCC(NC2CCCN(C(=O)OC(C)(C)C)C2)CC1. The summed E-state index contributed by atoms with van der Waals surface area (Å²) < 4.78 is 5.50. The molecular weight excluding hydrogens is 296 g/mol. The quantitative estimate of drug-likeness (QED) is 0.858. The van der Waals surface area contributed by atoms with E-state index in [4.69, 9.17) is 4.74 Å². The van der Waals surface area contributed by atoms with Crippen molar-refractivity contribution in [1.82, 2.24) is 10.2 Å². The lowest BCUT2D eigenvalue weighted by Crippen LogP contribution is -2.52. The van der Waals surface area contributed by atoms with Gasteiger partial charge in [-0.2, -0.15) is 11.8 Å². The summed E-state index contributed by atoms with van der Waals surface area (Å²) in [5, 5.41) is 4.64. The van der Waals surface area contributed by atoms with E-state index in [0.717, 1.165) is 24.8 Å². The first-order valence-electron chi connectivity index (χ1n) is 8.64. The summed E-state index contributed by atoms with van der Waals surface area (Å²) in [6.07, 6.45) is 9.48. The molecule has 1 aliphatic heterocycles. The van der Waals surface area contributed by atoms with Crippen molar-refractivity contribution in [3.63, 3.8) is 0 Å². The fraction of sp³-hybridized carbons (Fsp3) is 0.941. The molecule has 128 valence electrons. The monoisotopic (exact) mass is 328 g/mol. The van der Waals surface area contributed by atoms with Crippen molar-refractivity contribution >= 4 is 17.9 Å². The lowest BCUT2D eigenvalue weighted by Gasteiger charge is -2.37. The molecular formula is C17H32N2O2S. The maximum atomic E-state index is 12.2. The zero-order chi connectivity index (χ0) is 16.2. The number of nitrogens with one attached hydrogen (secondary N) is 1. The molecule has 0 radical (unpaired) electrons. The van der Waals surface area contributed by atoms with Crippen LogP contribution in [-0.4, -0.2) is 53.3 Å². The van der Waals surface area contributed by atoms with Crippen LogP contribution in [0.5, 0.6) is 0 Å². The number of carbonyl (C=O) groups is 1. The number of nitrogens with zero attached hydrogens (tertiary/aromatic N) is 1. The van der Waals surface area contributed by atoms with Crippen LogP contribution < -0.4 is 5.32 Å². The number of piperidine rings is 1. The second-order valence-corrected chi connectivity index (χ2v) is 8.78. The number of amides is 1. The van der Waals surface area contributed by atoms with Gasteiger partial charge in [-0.15, -0.1) is 0 Å². The molecule has 1 atom stereocenters. The van der Waals surface area contributed by atoms with E-state index in [2.05, 4.69) is 11.6 Å². The van der Waals surface area contributed by atoms with E-state index in [1.807, 2.05) is 37.4 Å². The molecule has 0 aromatic heterocycles. The van der Waals surface area contributed by atoms with Crippen molar-refractivity contribution in [3.05, 3.63) is 0 Å². The van der Waals surface area contributed by atoms with Crippen LogP contribution in [0.15, 0.2) is 0 Å². The molecule has 0 spiro atoms. The van der Waals surface area contributed by atoms with Crippen molar-refractivity contribution in [1.29, 1.82) is 0 Å². The first kappa shape index (κ1) is 17.9. The van der Waals surface area contributed by atoms with Gasteiger partial charge in [-0.1, -0.05) is 0 Å². The number of thioether (sulfide) groups is 1. The van der Waals surface area contributed by atoms with Crippen LogP contribution in [0.2, 0.25) is 0 Å². The Bertz CT molecular complexity index is 362. The molecule has 0 bridgehead atoms. The Labute approximate surface area is 139 Å². The maximum Gasteiger partial charge on any atom is 0.410 e. The first-order valence-corrected chi connectivity index (χ1v) is 9.93. The van der Waals surface area contributed by atoms with E-state index in [1.54, 1.807) is 0 Å². The van der Waals surface area contributed by atoms with Gasteiger partial charge in [-0.25, -0.2) is 4.79 Å². The fourth-order valence-corrected chi connectivity index (χ4v) is 4.15. The van der Waals surface area contributed by atoms with Crippen LogP contribution in [0.1, 0.15) is 59.3 Å². The molecule has 2 aliphatic rings. The molecule has 1 amide bonds. The molecule has 1 saturated carbocycles. The van der Waals surface area contributed by atoms with Crippen molar-refractivity contribution in [3.8, 4) is 0 Å². The van der Waals surface area contributed by atoms with E-state index < -0.39 is 5.60 Å². The van der Waals surface area contributed by atoms with Gasteiger partial charge in [0, 0.05) is 30.4 Å². The van der Waals surface area contributed by atoms with E-state index in [9.17, 15) is 4.79 Å². The predicted octanol–water partition coefficient (Wildman–Crippen LogP) is 3.65. The zero-order valence-electron chi connectivity index (χ0n) is 14.6. The normalized spacial score (nSPS) is 30.2. The molecule has 0 aromatic carbocycles. The molecule has 1 aliphatic carbocycles. The summed E-state index contributed by atoms with van der Waals surface area (Å²) in [5.41, 5.74) is -0.409. The van der Waals surface area contributed by atoms with Crippen LogP contribution >= 0.6 is 11.8 Å². The van der Waals surface area contributed by atoms with Crippen molar-refractivity contribution in [2.24, 2.45) is 0 Å². The fourth-order valence-electron chi connectivity index (χ4n) is 3.40. The third kappa shape index (κ3) is 5.65. The Morgan fingerprint density at radius 3 is 2.41 bits per heavy atom. The average Bonchev–Trinajstić information content (AvgIpc) is 2.46. The third-order valence-electron chi connectivity index (χ3n) is 4.55. The van der Waals surface area contributed by atoms with Crippen molar-refractivity contribution in [2.45, 2.75) is 82.2 Å². The highest BCUT2D eigenvalue weighted by Crippen LogP contribution is 2.27. The maximum absolute atomic E-state index is 12.2. The zero-order valence-corrected chi connectivity index (χ0v) is 15.4. The van der Waals surface area contributed by atoms with Gasteiger partial charge < -0.3 is 15.0 Å². The van der Waals surface area contributed by atoms with Crippen LogP contribution in [-0.2, 0) is 4.74 Å². The number of likely N-dealkylation sites (tertiary alicyclic amines) is 1. The number of hydrogen-bond donors (Lipinski definition) is 1. The van der Waals surface area contributed by atoms with Gasteiger partial charge in [-0.3, -0.25) is 0 Å². The highest BCUT2D eigenvalue weighted by molar-refractivity contribution is 7.99. The summed E-state index contributed by atoms with van der Waals surface area (Å²) in [6, 6.07) is 1.06. The molecule has 5 heteroatoms. The van der Waals surface area contributed by atoms with Gasteiger partial charge in [0.1, 0.15) is 5.60 Å². The summed E-state index contributed by atoms with van der Waals surface area (Å²) in [6.45, 7) is 7.39. The second-order valence-electron chi connectivity index (χ2n) is 7.64. The predicted molar refractivity (Wildman–Crippen MR) is 93.5 cm³/mol. The molecule has 1 unspecified atom stereocenters. The van der Waals surface area contributed by atoms with E-state index in [0.29, 0.717) is 12.1 Å². The van der Waals surface area contributed by atoms with Crippen molar-refractivity contribution in [2.75, 3.05) is 19.3 Å². The Hall–Kier alpha value is -0.420. The Balaban J connectivity index is 1.77. The number of ether oxygens (including phenoxy) is 1. The summed E-state index contributed by atoms with van der Waals surface area (Å²) in [7, 11) is 0. The smallest absolute Gasteiger partial charge is 0.410 e. The van der Waals surface area contributed by atoms with Crippen LogP contribution in [0.25, 0.3) is 0 Å².